The average molecular weight is 454 g/mol. The van der Waals surface area contributed by atoms with Gasteiger partial charge in [0.2, 0.25) is 10.0 Å². The maximum atomic E-state index is 12.5. The molecule has 0 saturated carbocycles. The fraction of sp³-hybridized carbons (Fsp3) is 0.143. The lowest BCUT2D eigenvalue weighted by Gasteiger charge is -2.26. The van der Waals surface area contributed by atoms with E-state index in [9.17, 15) is 8.42 Å². The van der Waals surface area contributed by atoms with Gasteiger partial charge < -0.3 is 0 Å². The van der Waals surface area contributed by atoms with Gasteiger partial charge in [-0.25, -0.2) is 13.1 Å². The Morgan fingerprint density at radius 2 is 1.43 bits per heavy atom. The third-order valence-corrected chi connectivity index (χ3v) is 5.36. The molecule has 7 heteroatoms. The summed E-state index contributed by atoms with van der Waals surface area (Å²) in [4.78, 5) is 0.187. The molecule has 0 aliphatic carbocycles. The summed E-state index contributed by atoms with van der Waals surface area (Å²) in [6.45, 7) is 0. The van der Waals surface area contributed by atoms with Crippen LogP contribution in [0.3, 0.4) is 0 Å². The number of halogens is 3. The van der Waals surface area contributed by atoms with Gasteiger partial charge in [-0.15, -0.1) is 0 Å². The summed E-state index contributed by atoms with van der Waals surface area (Å²) >= 11 is 12.8. The van der Waals surface area contributed by atoms with Crippen LogP contribution in [0.2, 0.25) is 0 Å². The molecule has 0 radical (unpaired) electrons. The molecule has 1 N–H and O–H groups in total. The molecule has 2 aromatic carbocycles. The van der Waals surface area contributed by atoms with Crippen LogP contribution in [0.1, 0.15) is 11.6 Å². The van der Waals surface area contributed by atoms with Gasteiger partial charge in [0.25, 0.3) is 0 Å². The molecule has 3 nitrogen and oxygen atoms in total. The van der Waals surface area contributed by atoms with Crippen LogP contribution in [-0.4, -0.2) is 11.1 Å². The molecule has 0 spiro atoms. The zero-order valence-electron chi connectivity index (χ0n) is 10.7. The smallest absolute Gasteiger partial charge is 0.207 e. The van der Waals surface area contributed by atoms with Crippen LogP contribution in [0.5, 0.6) is 0 Å². The summed E-state index contributed by atoms with van der Waals surface area (Å²) < 4.78 is 26.4. The van der Waals surface area contributed by atoms with E-state index in [1.54, 1.807) is 30.3 Å². The van der Waals surface area contributed by atoms with Crippen molar-refractivity contribution >= 4 is 53.5 Å². The summed E-state index contributed by atoms with van der Waals surface area (Å²) in [5, 5.41) is 0. The van der Waals surface area contributed by atoms with Crippen molar-refractivity contribution in [3.8, 4) is 0 Å². The quantitative estimate of drug-likeness (QED) is 0.683. The van der Waals surface area contributed by atoms with E-state index < -0.39 is 18.8 Å². The minimum Gasteiger partial charge on any atom is -0.207 e. The summed E-state index contributed by atoms with van der Waals surface area (Å²) in [7, 11) is -3.69. The van der Waals surface area contributed by atoms with E-state index in [1.165, 1.54) is 12.1 Å². The largest absolute Gasteiger partial charge is 0.241 e. The molecule has 0 aliphatic heterocycles. The van der Waals surface area contributed by atoms with Crippen molar-refractivity contribution in [3.05, 3.63) is 66.2 Å². The van der Waals surface area contributed by atoms with E-state index in [-0.39, 0.29) is 4.90 Å². The van der Waals surface area contributed by atoms with Crippen LogP contribution in [0.15, 0.2) is 65.6 Å². The van der Waals surface area contributed by atoms with Gasteiger partial charge in [0, 0.05) is 0 Å². The first-order chi connectivity index (χ1) is 9.81. The van der Waals surface area contributed by atoms with Crippen molar-refractivity contribution in [2.45, 2.75) is 13.6 Å². The van der Waals surface area contributed by atoms with Crippen LogP contribution in [0.25, 0.3) is 0 Å². The Morgan fingerprint density at radius 3 is 1.90 bits per heavy atom. The summed E-state index contributed by atoms with van der Waals surface area (Å²) in [6, 6.07) is 16.6. The van der Waals surface area contributed by atoms with E-state index in [1.807, 2.05) is 18.2 Å². The number of rotatable bonds is 5. The lowest BCUT2D eigenvalue weighted by Crippen LogP contribution is -2.35. The molecule has 0 saturated heterocycles. The minimum atomic E-state index is -3.69. The first-order valence-electron chi connectivity index (χ1n) is 6.00. The molecule has 21 heavy (non-hydrogen) atoms. The van der Waals surface area contributed by atoms with Crippen molar-refractivity contribution in [2.24, 2.45) is 0 Å². The van der Waals surface area contributed by atoms with E-state index >= 15 is 0 Å². The first-order valence-corrected chi connectivity index (χ1v) is 9.44. The van der Waals surface area contributed by atoms with E-state index in [4.69, 9.17) is 11.6 Å². The standard InChI is InChI=1S/C14H12Br2ClNO2S/c15-14(16,17)13(11-7-3-1-4-8-11)18-21(19,20)12-9-5-2-6-10-12/h1-10,13,18H. The van der Waals surface area contributed by atoms with E-state index in [0.29, 0.717) is 0 Å². The molecule has 2 rings (SSSR count). The average Bonchev–Trinajstić information content (AvgIpc) is 2.46. The number of hydrogen-bond donors (Lipinski definition) is 1. The topological polar surface area (TPSA) is 46.2 Å². The Morgan fingerprint density at radius 1 is 0.952 bits per heavy atom. The maximum Gasteiger partial charge on any atom is 0.241 e. The fourth-order valence-electron chi connectivity index (χ4n) is 1.79. The van der Waals surface area contributed by atoms with Crippen LogP contribution in [0, 0.1) is 0 Å². The van der Waals surface area contributed by atoms with Gasteiger partial charge in [-0.3, -0.25) is 0 Å². The number of benzene rings is 2. The van der Waals surface area contributed by atoms with Crippen molar-refractivity contribution < 1.29 is 8.42 Å². The van der Waals surface area contributed by atoms with Crippen molar-refractivity contribution in [1.82, 2.24) is 4.72 Å². The Labute approximate surface area is 146 Å². The molecule has 112 valence electrons. The Balaban J connectivity index is 2.37. The SMILES string of the molecule is O=S(=O)(NC(c1ccccc1)C(Cl)(Br)Br)c1ccccc1. The molecular weight excluding hydrogens is 441 g/mol. The van der Waals surface area contributed by atoms with Crippen LogP contribution in [-0.2, 0) is 10.0 Å². The van der Waals surface area contributed by atoms with Gasteiger partial charge in [0.15, 0.2) is 2.69 Å². The highest BCUT2D eigenvalue weighted by atomic mass is 79.9. The molecular formula is C14H12Br2ClNO2S. The molecule has 0 fully saturated rings. The predicted octanol–water partition coefficient (Wildman–Crippen LogP) is 4.39. The highest BCUT2D eigenvalue weighted by molar-refractivity contribution is 9.26. The summed E-state index contributed by atoms with van der Waals surface area (Å²) in [5.41, 5.74) is 0.737. The number of alkyl halides is 3. The predicted molar refractivity (Wildman–Crippen MR) is 92.4 cm³/mol. The van der Waals surface area contributed by atoms with E-state index in [0.717, 1.165) is 5.56 Å². The van der Waals surface area contributed by atoms with Crippen molar-refractivity contribution in [3.63, 3.8) is 0 Å². The summed E-state index contributed by atoms with van der Waals surface area (Å²) in [6.07, 6.45) is 0. The zero-order valence-corrected chi connectivity index (χ0v) is 15.5. The minimum absolute atomic E-state index is 0.187. The van der Waals surface area contributed by atoms with Gasteiger partial charge in [-0.1, -0.05) is 92.0 Å². The van der Waals surface area contributed by atoms with Gasteiger partial charge >= 0.3 is 0 Å². The second kappa shape index (κ2) is 6.79. The lowest BCUT2D eigenvalue weighted by molar-refractivity contribution is 0.562. The third kappa shape index (κ3) is 4.53. The first kappa shape index (κ1) is 17.0. The highest BCUT2D eigenvalue weighted by Crippen LogP contribution is 2.43. The Kier molecular flexibility index (Phi) is 5.48. The Hall–Kier alpha value is -0.400. The van der Waals surface area contributed by atoms with Crippen molar-refractivity contribution in [2.75, 3.05) is 0 Å². The second-order valence-electron chi connectivity index (χ2n) is 4.32. The molecule has 0 aliphatic rings. The van der Waals surface area contributed by atoms with Crippen LogP contribution >= 0.6 is 43.5 Å². The Bertz CT molecular complexity index is 688. The number of hydrogen-bond acceptors (Lipinski definition) is 2. The molecule has 1 atom stereocenters. The van der Waals surface area contributed by atoms with Gasteiger partial charge in [-0.05, 0) is 17.7 Å². The fourth-order valence-corrected chi connectivity index (χ4v) is 4.37. The normalized spacial score (nSPS) is 13.9. The second-order valence-corrected chi connectivity index (χ2v) is 11.1. The molecule has 0 bridgehead atoms. The van der Waals surface area contributed by atoms with Crippen LogP contribution < -0.4 is 4.72 Å². The number of sulfonamides is 1. The summed E-state index contributed by atoms with van der Waals surface area (Å²) in [5.74, 6) is 0. The maximum absolute atomic E-state index is 12.5. The molecule has 0 aromatic heterocycles. The monoisotopic (exact) mass is 451 g/mol. The molecule has 0 amide bonds. The van der Waals surface area contributed by atoms with Gasteiger partial charge in [-0.2, -0.15) is 0 Å². The zero-order chi connectivity index (χ0) is 15.5. The van der Waals surface area contributed by atoms with E-state index in [2.05, 4.69) is 36.6 Å². The number of nitrogens with one attached hydrogen (secondary N) is 1. The van der Waals surface area contributed by atoms with Gasteiger partial charge in [0.05, 0.1) is 10.9 Å². The molecule has 0 heterocycles. The molecule has 1 unspecified atom stereocenters. The lowest BCUT2D eigenvalue weighted by atomic mass is 10.1. The van der Waals surface area contributed by atoms with Gasteiger partial charge in [0.1, 0.15) is 0 Å². The molecule has 2 aromatic rings. The third-order valence-electron chi connectivity index (χ3n) is 2.79. The highest BCUT2D eigenvalue weighted by Gasteiger charge is 2.36. The van der Waals surface area contributed by atoms with Crippen molar-refractivity contribution in [1.29, 1.82) is 0 Å². The van der Waals surface area contributed by atoms with Crippen LogP contribution in [0.4, 0.5) is 0 Å².